The number of esters is 3. The summed E-state index contributed by atoms with van der Waals surface area (Å²) in [6, 6.07) is 0. The number of cyclic esters (lactones) is 1. The molecule has 35 heavy (non-hydrogen) atoms. The van der Waals surface area contributed by atoms with E-state index in [9.17, 15) is 24.3 Å². The number of hydrogen-bond acceptors (Lipinski definition) is 8. The number of aliphatic hydroxyl groups is 1. The van der Waals surface area contributed by atoms with Gasteiger partial charge in [0.2, 0.25) is 0 Å². The minimum absolute atomic E-state index is 0.0977. The zero-order valence-electron chi connectivity index (χ0n) is 20.8. The molecule has 190 valence electrons. The third-order valence-electron chi connectivity index (χ3n) is 9.74. The van der Waals surface area contributed by atoms with Crippen molar-refractivity contribution < 1.29 is 38.5 Å². The summed E-state index contributed by atoms with van der Waals surface area (Å²) in [5.41, 5.74) is -0.816. The fraction of sp³-hybridized carbons (Fsp3) is 0.704. The van der Waals surface area contributed by atoms with Crippen molar-refractivity contribution in [3.8, 4) is 0 Å². The van der Waals surface area contributed by atoms with E-state index >= 15 is 0 Å². The van der Waals surface area contributed by atoms with E-state index in [1.54, 1.807) is 0 Å². The van der Waals surface area contributed by atoms with E-state index in [1.807, 2.05) is 13.0 Å². The van der Waals surface area contributed by atoms with Gasteiger partial charge in [-0.3, -0.25) is 14.4 Å². The van der Waals surface area contributed by atoms with Crippen molar-refractivity contribution >= 4 is 23.7 Å². The molecule has 0 radical (unpaired) electrons. The molecule has 4 aliphatic carbocycles. The topological polar surface area (TPSA) is 116 Å². The van der Waals surface area contributed by atoms with Crippen LogP contribution in [0.4, 0.5) is 0 Å². The summed E-state index contributed by atoms with van der Waals surface area (Å²) in [5, 5.41) is 12.3. The van der Waals surface area contributed by atoms with E-state index in [1.165, 1.54) is 19.9 Å². The van der Waals surface area contributed by atoms with Gasteiger partial charge in [-0.05, 0) is 54.9 Å². The van der Waals surface area contributed by atoms with Crippen LogP contribution in [0.2, 0.25) is 0 Å². The van der Waals surface area contributed by atoms with Crippen molar-refractivity contribution in [1.29, 1.82) is 0 Å². The minimum Gasteiger partial charge on any atom is -0.459 e. The fourth-order valence-corrected chi connectivity index (χ4v) is 8.27. The molecule has 5 aliphatic rings. The van der Waals surface area contributed by atoms with Crippen LogP contribution in [0, 0.1) is 28.6 Å². The molecule has 1 aliphatic heterocycles. The highest BCUT2D eigenvalue weighted by Gasteiger charge is 2.69. The number of fused-ring (bicyclic) bond motifs is 5. The molecule has 8 heteroatoms. The van der Waals surface area contributed by atoms with Crippen LogP contribution < -0.4 is 0 Å². The third kappa shape index (κ3) is 3.51. The normalized spacial score (nSPS) is 44.3. The smallest absolute Gasteiger partial charge is 0.331 e. The molecular weight excluding hydrogens is 452 g/mol. The number of Topliss-reactive ketones (excluding diaryl/α,β-unsaturated/α-hetero) is 1. The Balaban J connectivity index is 1.48. The lowest BCUT2D eigenvalue weighted by Crippen LogP contribution is -2.66. The van der Waals surface area contributed by atoms with Gasteiger partial charge in [0.05, 0.1) is 5.60 Å². The lowest BCUT2D eigenvalue weighted by Gasteiger charge is -2.63. The molecule has 0 saturated heterocycles. The summed E-state index contributed by atoms with van der Waals surface area (Å²) < 4.78 is 16.3. The van der Waals surface area contributed by atoms with Crippen LogP contribution in [0.3, 0.4) is 0 Å². The first-order valence-corrected chi connectivity index (χ1v) is 12.6. The van der Waals surface area contributed by atoms with Crippen LogP contribution in [-0.2, 0) is 33.4 Å². The first kappa shape index (κ1) is 24.2. The molecule has 5 rings (SSSR count). The van der Waals surface area contributed by atoms with Crippen molar-refractivity contribution in [1.82, 2.24) is 0 Å². The Bertz CT molecular complexity index is 1060. The number of hydrogen-bond donors (Lipinski definition) is 1. The van der Waals surface area contributed by atoms with E-state index in [-0.39, 0.29) is 36.6 Å². The third-order valence-corrected chi connectivity index (χ3v) is 9.74. The number of carbonyl (C=O) groups is 4. The molecule has 3 fully saturated rings. The molecule has 8 atom stereocenters. The number of ketones is 1. The molecule has 0 aromatic rings. The van der Waals surface area contributed by atoms with Crippen molar-refractivity contribution in [3.63, 3.8) is 0 Å². The standard InChI is InChI=1S/C27H34O8/c1-14(28)34-21-10-17-5-6-19-24(25(17,3)12-22(21)35-15(2)29)20(30)11-26(4)18(7-8-27(19,26)32)16-9-23(31)33-13-16/h7,9,17,19,21-22,24,32H,5-6,8,10-13H2,1-4H3/t17-,19-,21+,22+,24-,25+,26-,27+/m1/s1. The Morgan fingerprint density at radius 3 is 2.40 bits per heavy atom. The monoisotopic (exact) mass is 486 g/mol. The highest BCUT2D eigenvalue weighted by Crippen LogP contribution is 2.67. The Morgan fingerprint density at radius 2 is 1.77 bits per heavy atom. The van der Waals surface area contributed by atoms with E-state index < -0.39 is 46.5 Å². The molecule has 0 aromatic carbocycles. The molecule has 0 amide bonds. The van der Waals surface area contributed by atoms with Gasteiger partial charge in [-0.1, -0.05) is 19.9 Å². The van der Waals surface area contributed by atoms with Crippen LogP contribution in [0.15, 0.2) is 23.3 Å². The highest BCUT2D eigenvalue weighted by atomic mass is 16.6. The van der Waals surface area contributed by atoms with Gasteiger partial charge in [-0.2, -0.15) is 0 Å². The average molecular weight is 487 g/mol. The Morgan fingerprint density at radius 1 is 1.09 bits per heavy atom. The molecule has 0 spiro atoms. The quantitative estimate of drug-likeness (QED) is 0.478. The highest BCUT2D eigenvalue weighted by molar-refractivity contribution is 5.89. The lowest BCUT2D eigenvalue weighted by molar-refractivity contribution is -0.215. The fourth-order valence-electron chi connectivity index (χ4n) is 8.27. The van der Waals surface area contributed by atoms with Crippen LogP contribution in [0.5, 0.6) is 0 Å². The Hall–Kier alpha value is -2.48. The van der Waals surface area contributed by atoms with Gasteiger partial charge < -0.3 is 19.3 Å². The van der Waals surface area contributed by atoms with Gasteiger partial charge in [-0.25, -0.2) is 4.79 Å². The van der Waals surface area contributed by atoms with Crippen molar-refractivity contribution in [2.24, 2.45) is 28.6 Å². The first-order valence-electron chi connectivity index (χ1n) is 12.6. The number of carbonyl (C=O) groups excluding carboxylic acids is 4. The maximum Gasteiger partial charge on any atom is 0.331 e. The zero-order valence-corrected chi connectivity index (χ0v) is 20.8. The summed E-state index contributed by atoms with van der Waals surface area (Å²) in [7, 11) is 0. The van der Waals surface area contributed by atoms with Crippen LogP contribution in [0.25, 0.3) is 0 Å². The predicted octanol–water partition coefficient (Wildman–Crippen LogP) is 2.82. The Labute approximate surface area is 205 Å². The van der Waals surface area contributed by atoms with E-state index in [0.29, 0.717) is 25.7 Å². The van der Waals surface area contributed by atoms with Gasteiger partial charge in [0.15, 0.2) is 0 Å². The largest absolute Gasteiger partial charge is 0.459 e. The van der Waals surface area contributed by atoms with E-state index in [4.69, 9.17) is 14.2 Å². The molecule has 1 heterocycles. The van der Waals surface area contributed by atoms with Gasteiger partial charge >= 0.3 is 17.9 Å². The van der Waals surface area contributed by atoms with E-state index in [0.717, 1.165) is 17.6 Å². The maximum atomic E-state index is 13.9. The van der Waals surface area contributed by atoms with Gasteiger partial charge in [-0.15, -0.1) is 0 Å². The average Bonchev–Trinajstić information content (AvgIpc) is 3.28. The van der Waals surface area contributed by atoms with Crippen LogP contribution in [-0.4, -0.2) is 53.2 Å². The van der Waals surface area contributed by atoms with Crippen LogP contribution in [0.1, 0.15) is 66.2 Å². The molecule has 8 nitrogen and oxygen atoms in total. The summed E-state index contributed by atoms with van der Waals surface area (Å²) in [4.78, 5) is 49.3. The number of rotatable bonds is 3. The molecule has 0 aromatic heterocycles. The second-order valence-corrected chi connectivity index (χ2v) is 11.6. The Kier molecular flexibility index (Phi) is 5.55. The van der Waals surface area contributed by atoms with Gasteiger partial charge in [0, 0.05) is 43.3 Å². The molecule has 1 N–H and O–H groups in total. The summed E-state index contributed by atoms with van der Waals surface area (Å²) >= 11 is 0. The molecule has 3 saturated carbocycles. The molecular formula is C27H34O8. The second-order valence-electron chi connectivity index (χ2n) is 11.6. The molecule has 0 unspecified atom stereocenters. The molecule has 0 bridgehead atoms. The van der Waals surface area contributed by atoms with Crippen molar-refractivity contribution in [3.05, 3.63) is 23.3 Å². The minimum atomic E-state index is -1.12. The second kappa shape index (κ2) is 8.02. The number of ether oxygens (including phenoxy) is 3. The van der Waals surface area contributed by atoms with Crippen molar-refractivity contribution in [2.45, 2.75) is 84.0 Å². The summed E-state index contributed by atoms with van der Waals surface area (Å²) in [5.74, 6) is -1.71. The maximum absolute atomic E-state index is 13.9. The van der Waals surface area contributed by atoms with E-state index in [2.05, 4.69) is 6.92 Å². The zero-order chi connectivity index (χ0) is 25.3. The summed E-state index contributed by atoms with van der Waals surface area (Å²) in [6.45, 7) is 6.87. The SMILES string of the molecule is CC(=O)O[C@H]1C[C@H]2CC[C@@H]3[C@H](C(=O)C[C@]4(C)C(C5=CC(=O)OC5)=CC[C@]34O)[C@@]2(C)C[C@@H]1OC(C)=O. The predicted molar refractivity (Wildman–Crippen MR) is 123 cm³/mol. The van der Waals surface area contributed by atoms with Gasteiger partial charge in [0.1, 0.15) is 24.6 Å². The first-order chi connectivity index (χ1) is 16.4. The van der Waals surface area contributed by atoms with Gasteiger partial charge in [0.25, 0.3) is 0 Å². The van der Waals surface area contributed by atoms with Crippen LogP contribution >= 0.6 is 0 Å². The lowest BCUT2D eigenvalue weighted by atomic mass is 9.42. The van der Waals surface area contributed by atoms with Crippen molar-refractivity contribution in [2.75, 3.05) is 6.61 Å². The summed E-state index contributed by atoms with van der Waals surface area (Å²) in [6.07, 6.45) is 5.28.